The number of fused-ring (bicyclic) bond motifs is 1. The first kappa shape index (κ1) is 12.5. The van der Waals surface area contributed by atoms with Crippen LogP contribution in [-0.2, 0) is 4.74 Å². The van der Waals surface area contributed by atoms with Crippen LogP contribution in [0.4, 0.5) is 0 Å². The molecule has 0 radical (unpaired) electrons. The molecule has 92 valence electrons. The molecule has 0 aliphatic carbocycles. The molecule has 0 bridgehead atoms. The fourth-order valence-corrected chi connectivity index (χ4v) is 2.87. The van der Waals surface area contributed by atoms with Crippen LogP contribution in [-0.4, -0.2) is 24.0 Å². The van der Waals surface area contributed by atoms with Crippen molar-refractivity contribution in [3.63, 3.8) is 0 Å². The molecule has 4 heteroatoms. The number of thioether (sulfide) groups is 1. The van der Waals surface area contributed by atoms with Gasteiger partial charge in [0, 0.05) is 12.4 Å². The molecule has 0 aliphatic heterocycles. The molecule has 3 nitrogen and oxygen atoms in total. The summed E-state index contributed by atoms with van der Waals surface area (Å²) in [6, 6.07) is 7.85. The Hall–Kier alpha value is -1.00. The van der Waals surface area contributed by atoms with Crippen LogP contribution in [0.2, 0.25) is 0 Å². The summed E-state index contributed by atoms with van der Waals surface area (Å²) in [5.74, 6) is 0.791. The van der Waals surface area contributed by atoms with E-state index in [1.807, 2.05) is 36.0 Å². The first-order valence-corrected chi connectivity index (χ1v) is 6.65. The molecule has 0 unspecified atom stereocenters. The Morgan fingerprint density at radius 1 is 1.35 bits per heavy atom. The lowest BCUT2D eigenvalue weighted by atomic mass is 10.3. The van der Waals surface area contributed by atoms with Gasteiger partial charge in [-0.05, 0) is 19.1 Å². The highest BCUT2D eigenvalue weighted by Gasteiger charge is 2.16. The molecule has 0 amide bonds. The van der Waals surface area contributed by atoms with E-state index in [0.29, 0.717) is 5.25 Å². The molecule has 0 aliphatic rings. The van der Waals surface area contributed by atoms with E-state index >= 15 is 0 Å². The van der Waals surface area contributed by atoms with Gasteiger partial charge in [-0.2, -0.15) is 0 Å². The van der Waals surface area contributed by atoms with Crippen molar-refractivity contribution in [1.29, 1.82) is 0 Å². The van der Waals surface area contributed by atoms with Crippen molar-refractivity contribution in [1.82, 2.24) is 4.98 Å². The Kier molecular flexibility index (Phi) is 4.07. The van der Waals surface area contributed by atoms with Crippen LogP contribution in [0, 0.1) is 0 Å². The first-order valence-electron chi connectivity index (χ1n) is 5.70. The normalized spacial score (nSPS) is 15.0. The quantitative estimate of drug-likeness (QED) is 0.812. The summed E-state index contributed by atoms with van der Waals surface area (Å²) in [6.45, 7) is 5.00. The topological polar surface area (TPSA) is 35.3 Å². The number of methoxy groups -OCH3 is 1. The lowest BCUT2D eigenvalue weighted by Crippen LogP contribution is -2.07. The fraction of sp³-hybridized carbons (Fsp3) is 0.462. The molecular weight excluding hydrogens is 234 g/mol. The average Bonchev–Trinajstić information content (AvgIpc) is 2.72. The number of hydrogen-bond acceptors (Lipinski definition) is 4. The molecule has 17 heavy (non-hydrogen) atoms. The van der Waals surface area contributed by atoms with E-state index in [4.69, 9.17) is 9.15 Å². The van der Waals surface area contributed by atoms with Crippen molar-refractivity contribution in [2.24, 2.45) is 0 Å². The van der Waals surface area contributed by atoms with Gasteiger partial charge in [-0.25, -0.2) is 4.98 Å². The lowest BCUT2D eigenvalue weighted by Gasteiger charge is -2.13. The zero-order chi connectivity index (χ0) is 12.3. The van der Waals surface area contributed by atoms with Gasteiger partial charge >= 0.3 is 0 Å². The Bertz CT molecular complexity index is 450. The second kappa shape index (κ2) is 5.56. The van der Waals surface area contributed by atoms with Crippen LogP contribution < -0.4 is 0 Å². The van der Waals surface area contributed by atoms with Gasteiger partial charge in [-0.15, -0.1) is 11.8 Å². The third-order valence-electron chi connectivity index (χ3n) is 2.50. The molecule has 0 fully saturated rings. The molecule has 2 aromatic rings. The number of rotatable bonds is 5. The number of para-hydroxylation sites is 2. The van der Waals surface area contributed by atoms with Crippen molar-refractivity contribution >= 4 is 22.9 Å². The average molecular weight is 251 g/mol. The molecule has 1 aromatic heterocycles. The number of nitrogens with zero attached hydrogens (tertiary/aromatic N) is 1. The van der Waals surface area contributed by atoms with Crippen molar-refractivity contribution in [3.8, 4) is 0 Å². The van der Waals surface area contributed by atoms with Crippen LogP contribution in [0.1, 0.15) is 25.0 Å². The van der Waals surface area contributed by atoms with Crippen molar-refractivity contribution < 1.29 is 9.15 Å². The SMILES string of the molecule is COC[C@H](C)S[C@@H](C)c1nc2ccccc2o1. The predicted octanol–water partition coefficient (Wildman–Crippen LogP) is 3.66. The number of aromatic nitrogens is 1. The van der Waals surface area contributed by atoms with Crippen LogP contribution in [0.15, 0.2) is 28.7 Å². The maximum Gasteiger partial charge on any atom is 0.208 e. The fourth-order valence-electron chi connectivity index (χ4n) is 1.74. The molecule has 1 aromatic carbocycles. The first-order chi connectivity index (χ1) is 8.20. The van der Waals surface area contributed by atoms with Crippen LogP contribution in [0.25, 0.3) is 11.1 Å². The van der Waals surface area contributed by atoms with Gasteiger partial charge in [-0.3, -0.25) is 0 Å². The van der Waals surface area contributed by atoms with Crippen molar-refractivity contribution in [3.05, 3.63) is 30.2 Å². The van der Waals surface area contributed by atoms with E-state index in [9.17, 15) is 0 Å². The van der Waals surface area contributed by atoms with Crippen LogP contribution in [0.3, 0.4) is 0 Å². The summed E-state index contributed by atoms with van der Waals surface area (Å²) in [5.41, 5.74) is 1.78. The van der Waals surface area contributed by atoms with Gasteiger partial charge in [0.15, 0.2) is 5.58 Å². The molecule has 0 spiro atoms. The summed E-state index contributed by atoms with van der Waals surface area (Å²) in [4.78, 5) is 4.50. The van der Waals surface area contributed by atoms with Gasteiger partial charge in [0.05, 0.1) is 11.9 Å². The highest BCUT2D eigenvalue weighted by Crippen LogP contribution is 2.32. The Labute approximate surface area is 106 Å². The predicted molar refractivity (Wildman–Crippen MR) is 71.4 cm³/mol. The zero-order valence-electron chi connectivity index (χ0n) is 10.3. The highest BCUT2D eigenvalue weighted by molar-refractivity contribution is 8.00. The van der Waals surface area contributed by atoms with E-state index in [2.05, 4.69) is 18.8 Å². The Morgan fingerprint density at radius 3 is 2.82 bits per heavy atom. The minimum Gasteiger partial charge on any atom is -0.439 e. The Morgan fingerprint density at radius 2 is 2.12 bits per heavy atom. The molecule has 2 atom stereocenters. The van der Waals surface area contributed by atoms with Gasteiger partial charge in [0.2, 0.25) is 5.89 Å². The minimum absolute atomic E-state index is 0.243. The van der Waals surface area contributed by atoms with Gasteiger partial charge < -0.3 is 9.15 Å². The van der Waals surface area contributed by atoms with Crippen molar-refractivity contribution in [2.75, 3.05) is 13.7 Å². The van der Waals surface area contributed by atoms with E-state index in [0.717, 1.165) is 23.6 Å². The minimum atomic E-state index is 0.243. The van der Waals surface area contributed by atoms with Crippen LogP contribution >= 0.6 is 11.8 Å². The summed E-state index contributed by atoms with van der Waals surface area (Å²) in [7, 11) is 1.72. The third-order valence-corrected chi connectivity index (χ3v) is 3.71. The van der Waals surface area contributed by atoms with Gasteiger partial charge in [0.25, 0.3) is 0 Å². The van der Waals surface area contributed by atoms with Crippen molar-refractivity contribution in [2.45, 2.75) is 24.3 Å². The van der Waals surface area contributed by atoms with E-state index in [1.165, 1.54) is 0 Å². The van der Waals surface area contributed by atoms with Crippen LogP contribution in [0.5, 0.6) is 0 Å². The second-order valence-electron chi connectivity index (χ2n) is 4.06. The largest absolute Gasteiger partial charge is 0.439 e. The molecule has 0 saturated heterocycles. The second-order valence-corrected chi connectivity index (χ2v) is 5.85. The maximum atomic E-state index is 5.74. The number of ether oxygens (including phenoxy) is 1. The van der Waals surface area contributed by atoms with E-state index in [-0.39, 0.29) is 5.25 Å². The summed E-state index contributed by atoms with van der Waals surface area (Å²) in [5, 5.41) is 0.678. The molecule has 2 rings (SSSR count). The smallest absolute Gasteiger partial charge is 0.208 e. The molecule has 0 N–H and O–H groups in total. The van der Waals surface area contributed by atoms with E-state index in [1.54, 1.807) is 7.11 Å². The number of oxazole rings is 1. The molecular formula is C13H17NO2S. The Balaban J connectivity index is 2.10. The molecule has 0 saturated carbocycles. The van der Waals surface area contributed by atoms with Gasteiger partial charge in [-0.1, -0.05) is 19.1 Å². The van der Waals surface area contributed by atoms with Gasteiger partial charge in [0.1, 0.15) is 5.52 Å². The highest BCUT2D eigenvalue weighted by atomic mass is 32.2. The number of benzene rings is 1. The monoisotopic (exact) mass is 251 g/mol. The summed E-state index contributed by atoms with van der Waals surface area (Å²) < 4.78 is 10.9. The summed E-state index contributed by atoms with van der Waals surface area (Å²) in [6.07, 6.45) is 0. The van der Waals surface area contributed by atoms with E-state index < -0.39 is 0 Å². The summed E-state index contributed by atoms with van der Waals surface area (Å²) >= 11 is 1.81. The zero-order valence-corrected chi connectivity index (χ0v) is 11.2. The maximum absolute atomic E-state index is 5.74. The lowest BCUT2D eigenvalue weighted by molar-refractivity contribution is 0.202. The third kappa shape index (κ3) is 3.01. The standard InChI is InChI=1S/C13H17NO2S/c1-9(8-15-3)17-10(2)13-14-11-6-4-5-7-12(11)16-13/h4-7,9-10H,8H2,1-3H3/t9-,10-/m0/s1. The number of hydrogen-bond donors (Lipinski definition) is 0. The molecule has 1 heterocycles.